The Balaban J connectivity index is 2.12. The highest BCUT2D eigenvalue weighted by molar-refractivity contribution is 4.94. The van der Waals surface area contributed by atoms with Gasteiger partial charge >= 0.3 is 0 Å². The molecule has 2 saturated carbocycles. The number of rotatable bonds is 1. The van der Waals surface area contributed by atoms with Crippen molar-refractivity contribution in [2.75, 3.05) is 0 Å². The van der Waals surface area contributed by atoms with Crippen LogP contribution in [0.5, 0.6) is 0 Å². The second kappa shape index (κ2) is 3.63. The van der Waals surface area contributed by atoms with Crippen LogP contribution < -0.4 is 0 Å². The molecule has 1 spiro atoms. The van der Waals surface area contributed by atoms with Crippen molar-refractivity contribution < 1.29 is 0 Å². The van der Waals surface area contributed by atoms with Gasteiger partial charge in [-0.15, -0.1) is 0 Å². The molecule has 0 heterocycles. The molecule has 0 bridgehead atoms. The Kier molecular flexibility index (Phi) is 2.67. The highest BCUT2D eigenvalue weighted by Gasteiger charge is 2.43. The van der Waals surface area contributed by atoms with Crippen LogP contribution in [0.3, 0.4) is 0 Å². The van der Waals surface area contributed by atoms with Crippen molar-refractivity contribution >= 4 is 0 Å². The predicted molar refractivity (Wildman–Crippen MR) is 57.7 cm³/mol. The normalized spacial score (nSPS) is 33.0. The van der Waals surface area contributed by atoms with E-state index in [9.17, 15) is 0 Å². The van der Waals surface area contributed by atoms with Crippen molar-refractivity contribution in [3.8, 4) is 0 Å². The van der Waals surface area contributed by atoms with Crippen molar-refractivity contribution in [1.29, 1.82) is 0 Å². The molecule has 0 saturated heterocycles. The van der Waals surface area contributed by atoms with E-state index in [4.69, 9.17) is 0 Å². The fourth-order valence-electron chi connectivity index (χ4n) is 4.07. The molecule has 13 heavy (non-hydrogen) atoms. The highest BCUT2D eigenvalue weighted by atomic mass is 14.5. The smallest absolute Gasteiger partial charge is 0.0267 e. The van der Waals surface area contributed by atoms with Crippen molar-refractivity contribution in [3.05, 3.63) is 0 Å². The highest BCUT2D eigenvalue weighted by Crippen LogP contribution is 2.54. The summed E-state index contributed by atoms with van der Waals surface area (Å²) in [7, 11) is 0. The topological polar surface area (TPSA) is 0 Å². The van der Waals surface area contributed by atoms with E-state index >= 15 is 0 Å². The van der Waals surface area contributed by atoms with E-state index < -0.39 is 0 Å². The van der Waals surface area contributed by atoms with Crippen molar-refractivity contribution in [3.63, 3.8) is 0 Å². The summed E-state index contributed by atoms with van der Waals surface area (Å²) < 4.78 is 0. The van der Waals surface area contributed by atoms with Crippen LogP contribution in [-0.2, 0) is 0 Å². The summed E-state index contributed by atoms with van der Waals surface area (Å²) in [6.45, 7) is 4.88. The standard InChI is InChI=1S/C13H24/c1-11(2)12-7-3-4-8-13(12)9-5-6-10-13/h11-12H,3-10H2,1-2H3. The molecule has 0 aromatic rings. The summed E-state index contributed by atoms with van der Waals surface area (Å²) in [5.74, 6) is 1.99. The molecule has 0 aromatic carbocycles. The molecule has 0 N–H and O–H groups in total. The molecule has 1 unspecified atom stereocenters. The van der Waals surface area contributed by atoms with E-state index in [0.29, 0.717) is 0 Å². The van der Waals surface area contributed by atoms with Crippen molar-refractivity contribution in [2.24, 2.45) is 17.3 Å². The largest absolute Gasteiger partial charge is 0.0625 e. The predicted octanol–water partition coefficient (Wildman–Crippen LogP) is 4.39. The number of hydrogen-bond acceptors (Lipinski definition) is 0. The first-order chi connectivity index (χ1) is 6.25. The van der Waals surface area contributed by atoms with Gasteiger partial charge in [-0.3, -0.25) is 0 Å². The van der Waals surface area contributed by atoms with Gasteiger partial charge in [0.05, 0.1) is 0 Å². The summed E-state index contributed by atoms with van der Waals surface area (Å²) in [5.41, 5.74) is 0.812. The second-order valence-electron chi connectivity index (χ2n) is 5.67. The van der Waals surface area contributed by atoms with E-state index in [1.54, 1.807) is 19.3 Å². The lowest BCUT2D eigenvalue weighted by Gasteiger charge is -2.44. The third-order valence-electron chi connectivity index (χ3n) is 4.63. The fraction of sp³-hybridized carbons (Fsp3) is 1.00. The monoisotopic (exact) mass is 180 g/mol. The van der Waals surface area contributed by atoms with Crippen LogP contribution in [0.25, 0.3) is 0 Å². The van der Waals surface area contributed by atoms with E-state index in [1.165, 1.54) is 32.1 Å². The quantitative estimate of drug-likeness (QED) is 0.561. The average molecular weight is 180 g/mol. The van der Waals surface area contributed by atoms with Crippen LogP contribution >= 0.6 is 0 Å². The first-order valence-electron chi connectivity index (χ1n) is 6.25. The molecule has 2 aliphatic rings. The molecule has 2 aliphatic carbocycles. The Labute approximate surface area is 83.1 Å². The molecule has 2 rings (SSSR count). The minimum absolute atomic E-state index is 0.812. The Morgan fingerprint density at radius 3 is 2.00 bits per heavy atom. The summed E-state index contributed by atoms with van der Waals surface area (Å²) in [5, 5.41) is 0. The van der Waals surface area contributed by atoms with Gasteiger partial charge in [0.15, 0.2) is 0 Å². The van der Waals surface area contributed by atoms with E-state index in [-0.39, 0.29) is 0 Å². The third kappa shape index (κ3) is 1.65. The van der Waals surface area contributed by atoms with Crippen molar-refractivity contribution in [1.82, 2.24) is 0 Å². The minimum atomic E-state index is 0.812. The summed E-state index contributed by atoms with van der Waals surface area (Å²) in [6.07, 6.45) is 12.2. The van der Waals surface area contributed by atoms with E-state index in [2.05, 4.69) is 13.8 Å². The Morgan fingerprint density at radius 1 is 0.923 bits per heavy atom. The van der Waals surface area contributed by atoms with Gasteiger partial charge in [0, 0.05) is 0 Å². The van der Waals surface area contributed by atoms with Crippen LogP contribution in [0.15, 0.2) is 0 Å². The lowest BCUT2D eigenvalue weighted by Crippen LogP contribution is -2.34. The van der Waals surface area contributed by atoms with Gasteiger partial charge in [-0.2, -0.15) is 0 Å². The first kappa shape index (κ1) is 9.55. The van der Waals surface area contributed by atoms with Gasteiger partial charge in [0.25, 0.3) is 0 Å². The van der Waals surface area contributed by atoms with Gasteiger partial charge in [-0.05, 0) is 42.9 Å². The van der Waals surface area contributed by atoms with Gasteiger partial charge < -0.3 is 0 Å². The van der Waals surface area contributed by atoms with Crippen LogP contribution in [0.4, 0.5) is 0 Å². The third-order valence-corrected chi connectivity index (χ3v) is 4.63. The molecule has 0 nitrogen and oxygen atoms in total. The molecule has 76 valence electrons. The van der Waals surface area contributed by atoms with Gasteiger partial charge in [-0.25, -0.2) is 0 Å². The Bertz CT molecular complexity index is 163. The van der Waals surface area contributed by atoms with Gasteiger partial charge in [0.2, 0.25) is 0 Å². The summed E-state index contributed by atoms with van der Waals surface area (Å²) in [4.78, 5) is 0. The molecular weight excluding hydrogens is 156 g/mol. The summed E-state index contributed by atoms with van der Waals surface area (Å²) in [6, 6.07) is 0. The van der Waals surface area contributed by atoms with Crippen LogP contribution in [0.2, 0.25) is 0 Å². The van der Waals surface area contributed by atoms with Crippen LogP contribution in [-0.4, -0.2) is 0 Å². The molecule has 0 aromatic heterocycles. The molecule has 0 amide bonds. The van der Waals surface area contributed by atoms with Crippen molar-refractivity contribution in [2.45, 2.75) is 65.2 Å². The molecule has 0 aliphatic heterocycles. The lowest BCUT2D eigenvalue weighted by molar-refractivity contribution is 0.0643. The maximum absolute atomic E-state index is 2.44. The molecule has 0 radical (unpaired) electrons. The minimum Gasteiger partial charge on any atom is -0.0625 e. The zero-order valence-corrected chi connectivity index (χ0v) is 9.31. The molecule has 2 fully saturated rings. The van der Waals surface area contributed by atoms with Crippen LogP contribution in [0, 0.1) is 17.3 Å². The molecular formula is C13H24. The molecule has 1 atom stereocenters. The first-order valence-corrected chi connectivity index (χ1v) is 6.25. The van der Waals surface area contributed by atoms with E-state index in [1.807, 2.05) is 0 Å². The van der Waals surface area contributed by atoms with E-state index in [0.717, 1.165) is 17.3 Å². The second-order valence-corrected chi connectivity index (χ2v) is 5.67. The van der Waals surface area contributed by atoms with Gasteiger partial charge in [-0.1, -0.05) is 39.5 Å². The average Bonchev–Trinajstić information content (AvgIpc) is 2.54. The fourth-order valence-corrected chi connectivity index (χ4v) is 4.07. The maximum Gasteiger partial charge on any atom is -0.0267 e. The van der Waals surface area contributed by atoms with Crippen LogP contribution in [0.1, 0.15) is 65.2 Å². The lowest BCUT2D eigenvalue weighted by atomic mass is 9.61. The maximum atomic E-state index is 2.44. The van der Waals surface area contributed by atoms with Gasteiger partial charge in [0.1, 0.15) is 0 Å². The summed E-state index contributed by atoms with van der Waals surface area (Å²) >= 11 is 0. The Morgan fingerprint density at radius 2 is 1.46 bits per heavy atom. The zero-order valence-electron chi connectivity index (χ0n) is 9.31. The molecule has 0 heteroatoms. The number of hydrogen-bond donors (Lipinski definition) is 0. The SMILES string of the molecule is CC(C)C1CCCCC12CCCC2. The zero-order chi connectivity index (χ0) is 9.31. The Hall–Kier alpha value is 0.